The second-order valence-corrected chi connectivity index (χ2v) is 15.2. The fourth-order valence-corrected chi connectivity index (χ4v) is 7.19. The highest BCUT2D eigenvalue weighted by molar-refractivity contribution is 9.10. The van der Waals surface area contributed by atoms with E-state index in [1.54, 1.807) is 48.5 Å². The van der Waals surface area contributed by atoms with Crippen LogP contribution in [-0.4, -0.2) is 57.1 Å². The average Bonchev–Trinajstić information content (AvgIpc) is 3.09. The number of halogens is 1. The predicted molar refractivity (Wildman–Crippen MR) is 197 cm³/mol. The largest absolute Gasteiger partial charge is 0.492 e. The van der Waals surface area contributed by atoms with Crippen LogP contribution in [0.1, 0.15) is 31.9 Å². The zero-order chi connectivity index (χ0) is 34.7. The Balaban J connectivity index is 1.83. The number of carbonyl (C=O) groups excluding carboxylic acids is 2. The van der Waals surface area contributed by atoms with E-state index in [2.05, 4.69) is 21.2 Å². The van der Waals surface area contributed by atoms with Gasteiger partial charge in [-0.2, -0.15) is 0 Å². The third-order valence-corrected chi connectivity index (χ3v) is 10.6. The minimum atomic E-state index is -4.26. The van der Waals surface area contributed by atoms with Gasteiger partial charge in [0.05, 0.1) is 17.2 Å². The van der Waals surface area contributed by atoms with Gasteiger partial charge in [0.2, 0.25) is 11.8 Å². The van der Waals surface area contributed by atoms with Gasteiger partial charge in [-0.25, -0.2) is 8.42 Å². The highest BCUT2D eigenvalue weighted by atomic mass is 79.9. The van der Waals surface area contributed by atoms with Crippen molar-refractivity contribution in [1.82, 2.24) is 10.2 Å². The number of rotatable bonds is 16. The summed E-state index contributed by atoms with van der Waals surface area (Å²) in [7, 11) is -4.26. The number of sulfonamides is 1. The van der Waals surface area contributed by atoms with Crippen LogP contribution < -0.4 is 14.4 Å². The van der Waals surface area contributed by atoms with Crippen LogP contribution >= 0.6 is 27.7 Å². The number of carbonyl (C=O) groups is 2. The number of thioether (sulfide) groups is 1. The van der Waals surface area contributed by atoms with E-state index in [9.17, 15) is 18.0 Å². The lowest BCUT2D eigenvalue weighted by Gasteiger charge is -2.34. The molecule has 0 aliphatic heterocycles. The summed E-state index contributed by atoms with van der Waals surface area (Å²) in [6.45, 7) is 6.07. The summed E-state index contributed by atoms with van der Waals surface area (Å²) < 4.78 is 36.7. The van der Waals surface area contributed by atoms with Gasteiger partial charge in [0.1, 0.15) is 18.3 Å². The highest BCUT2D eigenvalue weighted by Gasteiger charge is 2.35. The maximum Gasteiger partial charge on any atom is 0.264 e. The molecule has 4 aromatic rings. The third kappa shape index (κ3) is 9.87. The first-order chi connectivity index (χ1) is 23.0. The zero-order valence-corrected chi connectivity index (χ0v) is 30.9. The Morgan fingerprint density at radius 2 is 1.52 bits per heavy atom. The van der Waals surface area contributed by atoms with Crippen molar-refractivity contribution in [3.05, 3.63) is 119 Å². The van der Waals surface area contributed by atoms with Crippen molar-refractivity contribution >= 4 is 55.2 Å². The maximum absolute atomic E-state index is 14.7. The topological polar surface area (TPSA) is 96.0 Å². The fourth-order valence-electron chi connectivity index (χ4n) is 5.09. The monoisotopic (exact) mass is 751 g/mol. The third-order valence-electron chi connectivity index (χ3n) is 7.58. The molecule has 0 aliphatic rings. The lowest BCUT2D eigenvalue weighted by molar-refractivity contribution is -0.140. The molecule has 2 amide bonds. The van der Waals surface area contributed by atoms with Crippen molar-refractivity contribution < 1.29 is 22.7 Å². The van der Waals surface area contributed by atoms with E-state index >= 15 is 0 Å². The summed E-state index contributed by atoms with van der Waals surface area (Å²) in [5.74, 6) is -0.328. The van der Waals surface area contributed by atoms with Crippen molar-refractivity contribution in [3.63, 3.8) is 0 Å². The molecular formula is C37H42BrN3O5S2. The molecule has 0 saturated carbocycles. The van der Waals surface area contributed by atoms with E-state index in [1.165, 1.54) is 16.7 Å². The van der Waals surface area contributed by atoms with E-state index in [0.717, 1.165) is 24.8 Å². The molecule has 0 aromatic heterocycles. The van der Waals surface area contributed by atoms with Crippen molar-refractivity contribution in [2.75, 3.05) is 30.3 Å². The van der Waals surface area contributed by atoms with Crippen molar-refractivity contribution in [1.29, 1.82) is 0 Å². The number of amides is 2. The number of ether oxygens (including phenoxy) is 1. The smallest absolute Gasteiger partial charge is 0.264 e. The van der Waals surface area contributed by atoms with Gasteiger partial charge >= 0.3 is 0 Å². The van der Waals surface area contributed by atoms with Gasteiger partial charge in [0.15, 0.2) is 0 Å². The number of nitrogens with zero attached hydrogens (tertiary/aromatic N) is 2. The summed E-state index contributed by atoms with van der Waals surface area (Å²) in [6.07, 6.45) is 2.15. The van der Waals surface area contributed by atoms with Gasteiger partial charge in [0.25, 0.3) is 10.0 Å². The standard InChI is InChI=1S/C37H42BrN3O5S2/c1-5-46-35-14-10-9-13-33(35)41(48(44,45)32-21-19-31(47-4)20-22-32)26-36(42)40(25-29-15-17-30(38)18-16-29)34(37(43)39-24-27(2)3)23-28-11-7-6-8-12-28/h6-22,27,34H,5,23-26H2,1-4H3,(H,39,43). The first-order valence-electron chi connectivity index (χ1n) is 15.8. The Bertz CT molecular complexity index is 1750. The number of benzene rings is 4. The SMILES string of the molecule is CCOc1ccccc1N(CC(=O)N(Cc1ccc(Br)cc1)C(Cc1ccccc1)C(=O)NCC(C)C)S(=O)(=O)c1ccc(SC)cc1. The van der Waals surface area contributed by atoms with E-state index in [4.69, 9.17) is 4.74 Å². The minimum absolute atomic E-state index is 0.0365. The Hall–Kier alpha value is -3.80. The molecule has 4 rings (SSSR count). The Morgan fingerprint density at radius 1 is 0.875 bits per heavy atom. The van der Waals surface area contributed by atoms with Crippen LogP contribution in [0.25, 0.3) is 0 Å². The van der Waals surface area contributed by atoms with E-state index in [1.807, 2.05) is 81.6 Å². The molecule has 1 N–H and O–H groups in total. The van der Waals surface area contributed by atoms with Crippen LogP contribution in [0.5, 0.6) is 5.75 Å². The lowest BCUT2D eigenvalue weighted by Crippen LogP contribution is -2.53. The van der Waals surface area contributed by atoms with Crippen LogP contribution in [0.3, 0.4) is 0 Å². The number of hydrogen-bond donors (Lipinski definition) is 1. The van der Waals surface area contributed by atoms with Crippen molar-refractivity contribution in [2.24, 2.45) is 5.92 Å². The minimum Gasteiger partial charge on any atom is -0.492 e. The van der Waals surface area contributed by atoms with Crippen LogP contribution in [0.15, 0.2) is 117 Å². The van der Waals surface area contributed by atoms with Gasteiger partial charge in [-0.3, -0.25) is 13.9 Å². The maximum atomic E-state index is 14.7. The molecule has 0 spiro atoms. The van der Waals surface area contributed by atoms with Gasteiger partial charge < -0.3 is 15.0 Å². The molecule has 0 aliphatic carbocycles. The van der Waals surface area contributed by atoms with Gasteiger partial charge in [-0.1, -0.05) is 84.4 Å². The second-order valence-electron chi connectivity index (χ2n) is 11.6. The zero-order valence-electron chi connectivity index (χ0n) is 27.6. The lowest BCUT2D eigenvalue weighted by atomic mass is 10.0. The Kier molecular flexibility index (Phi) is 13.5. The quantitative estimate of drug-likeness (QED) is 0.122. The molecule has 1 unspecified atom stereocenters. The molecule has 11 heteroatoms. The van der Waals surface area contributed by atoms with Gasteiger partial charge in [0, 0.05) is 28.9 Å². The Labute approximate surface area is 297 Å². The summed E-state index contributed by atoms with van der Waals surface area (Å²) in [5, 5.41) is 3.02. The molecule has 254 valence electrons. The predicted octanol–water partition coefficient (Wildman–Crippen LogP) is 7.18. The summed E-state index contributed by atoms with van der Waals surface area (Å²) in [5.41, 5.74) is 1.89. The first kappa shape index (κ1) is 37.0. The molecule has 0 bridgehead atoms. The number of para-hydroxylation sites is 2. The Morgan fingerprint density at radius 3 is 2.15 bits per heavy atom. The average molecular weight is 753 g/mol. The number of anilines is 1. The molecular weight excluding hydrogens is 710 g/mol. The molecule has 0 fully saturated rings. The van der Waals surface area contributed by atoms with Gasteiger partial charge in [-0.15, -0.1) is 11.8 Å². The fraction of sp³-hybridized carbons (Fsp3) is 0.297. The molecule has 1 atom stereocenters. The molecule has 8 nitrogen and oxygen atoms in total. The van der Waals surface area contributed by atoms with E-state index in [0.29, 0.717) is 18.9 Å². The highest BCUT2D eigenvalue weighted by Crippen LogP contribution is 2.33. The number of hydrogen-bond acceptors (Lipinski definition) is 6. The second kappa shape index (κ2) is 17.6. The molecule has 0 heterocycles. The van der Waals surface area contributed by atoms with Crippen molar-refractivity contribution in [2.45, 2.75) is 49.6 Å². The van der Waals surface area contributed by atoms with Gasteiger partial charge in [-0.05, 0) is 78.8 Å². The molecule has 48 heavy (non-hydrogen) atoms. The van der Waals surface area contributed by atoms with Crippen LogP contribution in [-0.2, 0) is 32.6 Å². The van der Waals surface area contributed by atoms with E-state index < -0.39 is 28.5 Å². The van der Waals surface area contributed by atoms with Crippen LogP contribution in [0.2, 0.25) is 0 Å². The van der Waals surface area contributed by atoms with Crippen molar-refractivity contribution in [3.8, 4) is 5.75 Å². The first-order valence-corrected chi connectivity index (χ1v) is 19.2. The normalized spacial score (nSPS) is 12.0. The van der Waals surface area contributed by atoms with E-state index in [-0.39, 0.29) is 35.4 Å². The summed E-state index contributed by atoms with van der Waals surface area (Å²) in [4.78, 5) is 31.1. The molecule has 0 radical (unpaired) electrons. The van der Waals surface area contributed by atoms with Crippen LogP contribution in [0.4, 0.5) is 5.69 Å². The molecule has 4 aromatic carbocycles. The number of nitrogens with one attached hydrogen (secondary N) is 1. The molecule has 0 saturated heterocycles. The van der Waals surface area contributed by atoms with Crippen LogP contribution in [0, 0.1) is 5.92 Å². The summed E-state index contributed by atoms with van der Waals surface area (Å²) >= 11 is 4.97. The summed E-state index contributed by atoms with van der Waals surface area (Å²) in [6, 6.07) is 29.4.